The van der Waals surface area contributed by atoms with Gasteiger partial charge in [-0.25, -0.2) is 4.79 Å². The fraction of sp³-hybridized carbons (Fsp3) is 0.588. The molecule has 2 N–H and O–H groups in total. The number of hydrogen-bond acceptors (Lipinski definition) is 3. The highest BCUT2D eigenvalue weighted by Gasteiger charge is 2.39. The maximum Gasteiger partial charge on any atom is 0.315 e. The summed E-state index contributed by atoms with van der Waals surface area (Å²) >= 11 is 0. The Hall–Kier alpha value is -2.11. The maximum absolute atomic E-state index is 11.9. The number of aromatic nitrogens is 1. The van der Waals surface area contributed by atoms with Gasteiger partial charge in [0.2, 0.25) is 5.91 Å². The molecular formula is C17H24N4O2. The molecule has 2 heterocycles. The largest absolute Gasteiger partial charge is 0.339 e. The van der Waals surface area contributed by atoms with Crippen molar-refractivity contribution in [3.05, 3.63) is 29.1 Å². The third-order valence-electron chi connectivity index (χ3n) is 4.62. The number of aryl methyl sites for hydroxylation is 2. The molecule has 1 aromatic rings. The van der Waals surface area contributed by atoms with Gasteiger partial charge in [-0.1, -0.05) is 6.07 Å². The molecule has 1 aliphatic carbocycles. The van der Waals surface area contributed by atoms with E-state index in [4.69, 9.17) is 0 Å². The second kappa shape index (κ2) is 6.56. The summed E-state index contributed by atoms with van der Waals surface area (Å²) < 4.78 is 0. The van der Waals surface area contributed by atoms with Crippen molar-refractivity contribution in [1.82, 2.24) is 20.5 Å². The van der Waals surface area contributed by atoms with Gasteiger partial charge in [0.1, 0.15) is 0 Å². The number of nitrogens with one attached hydrogen (secondary N) is 2. The van der Waals surface area contributed by atoms with Crippen LogP contribution >= 0.6 is 0 Å². The zero-order valence-corrected chi connectivity index (χ0v) is 13.8. The number of likely N-dealkylation sites (tertiary alicyclic amines) is 1. The Balaban J connectivity index is 1.39. The second-order valence-corrected chi connectivity index (χ2v) is 6.62. The fourth-order valence-corrected chi connectivity index (χ4v) is 2.94. The quantitative estimate of drug-likeness (QED) is 0.864. The van der Waals surface area contributed by atoms with E-state index < -0.39 is 0 Å². The average Bonchev–Trinajstić information content (AvgIpc) is 3.30. The van der Waals surface area contributed by atoms with Crippen LogP contribution in [0.4, 0.5) is 4.79 Å². The van der Waals surface area contributed by atoms with Gasteiger partial charge in [0.15, 0.2) is 0 Å². The van der Waals surface area contributed by atoms with Gasteiger partial charge in [0.05, 0.1) is 12.2 Å². The number of carbonyl (C=O) groups is 2. The van der Waals surface area contributed by atoms with Crippen molar-refractivity contribution in [1.29, 1.82) is 0 Å². The molecule has 3 rings (SSSR count). The topological polar surface area (TPSA) is 74.3 Å². The molecular weight excluding hydrogens is 292 g/mol. The van der Waals surface area contributed by atoms with Crippen molar-refractivity contribution in [3.63, 3.8) is 0 Å². The molecule has 0 bridgehead atoms. The minimum Gasteiger partial charge on any atom is -0.339 e. The monoisotopic (exact) mass is 316 g/mol. The van der Waals surface area contributed by atoms with Crippen molar-refractivity contribution in [2.24, 2.45) is 5.92 Å². The Morgan fingerprint density at radius 3 is 2.78 bits per heavy atom. The van der Waals surface area contributed by atoms with Crippen LogP contribution in [0.3, 0.4) is 0 Å². The van der Waals surface area contributed by atoms with Crippen molar-refractivity contribution in [2.45, 2.75) is 45.7 Å². The molecule has 2 fully saturated rings. The summed E-state index contributed by atoms with van der Waals surface area (Å²) in [5.41, 5.74) is 2.97. The number of rotatable bonds is 5. The number of hydrogen-bond donors (Lipinski definition) is 2. The molecule has 1 aromatic heterocycles. The predicted molar refractivity (Wildman–Crippen MR) is 86.8 cm³/mol. The third kappa shape index (κ3) is 4.00. The van der Waals surface area contributed by atoms with Crippen molar-refractivity contribution in [3.8, 4) is 0 Å². The van der Waals surface area contributed by atoms with Crippen molar-refractivity contribution in [2.75, 3.05) is 13.1 Å². The summed E-state index contributed by atoms with van der Waals surface area (Å²) in [7, 11) is 0. The molecule has 0 spiro atoms. The van der Waals surface area contributed by atoms with E-state index in [2.05, 4.69) is 15.6 Å². The Morgan fingerprint density at radius 1 is 1.30 bits per heavy atom. The molecule has 1 saturated carbocycles. The van der Waals surface area contributed by atoms with Crippen molar-refractivity contribution < 1.29 is 9.59 Å². The van der Waals surface area contributed by atoms with E-state index in [0.29, 0.717) is 25.6 Å². The summed E-state index contributed by atoms with van der Waals surface area (Å²) in [6.45, 7) is 5.70. The molecule has 2 aliphatic rings. The molecule has 23 heavy (non-hydrogen) atoms. The summed E-state index contributed by atoms with van der Waals surface area (Å²) in [5.74, 6) is 0.465. The Kier molecular flexibility index (Phi) is 4.50. The van der Waals surface area contributed by atoms with Crippen LogP contribution in [0.1, 0.15) is 36.2 Å². The second-order valence-electron chi connectivity index (χ2n) is 6.62. The molecule has 1 atom stereocenters. The van der Waals surface area contributed by atoms with E-state index in [1.807, 2.05) is 30.9 Å². The van der Waals surface area contributed by atoms with E-state index in [1.165, 1.54) is 0 Å². The third-order valence-corrected chi connectivity index (χ3v) is 4.62. The predicted octanol–water partition coefficient (Wildman–Crippen LogP) is 1.51. The number of urea groups is 1. The minimum atomic E-state index is -0.206. The van der Waals surface area contributed by atoms with Crippen LogP contribution in [-0.4, -0.2) is 41.0 Å². The molecule has 0 radical (unpaired) electrons. The number of nitrogens with zero attached hydrogens (tertiary/aromatic N) is 2. The van der Waals surface area contributed by atoms with Crippen LogP contribution in [0.25, 0.3) is 0 Å². The number of carbonyl (C=O) groups excluding carboxylic acids is 2. The fourth-order valence-electron chi connectivity index (χ4n) is 2.94. The van der Waals surface area contributed by atoms with Gasteiger partial charge in [-0.2, -0.15) is 0 Å². The van der Waals surface area contributed by atoms with Crippen LogP contribution in [0.2, 0.25) is 0 Å². The van der Waals surface area contributed by atoms with E-state index >= 15 is 0 Å². The zero-order chi connectivity index (χ0) is 16.4. The van der Waals surface area contributed by atoms with Gasteiger partial charge < -0.3 is 15.5 Å². The lowest BCUT2D eigenvalue weighted by Crippen LogP contribution is -2.38. The smallest absolute Gasteiger partial charge is 0.315 e. The maximum atomic E-state index is 11.9. The summed E-state index contributed by atoms with van der Waals surface area (Å²) in [6.07, 6.45) is 2.82. The molecule has 1 aliphatic heterocycles. The summed E-state index contributed by atoms with van der Waals surface area (Å²) in [5, 5.41) is 5.68. The van der Waals surface area contributed by atoms with E-state index in [1.54, 1.807) is 0 Å². The highest BCUT2D eigenvalue weighted by Crippen LogP contribution is 2.32. The Bertz CT molecular complexity index is 613. The van der Waals surface area contributed by atoms with Gasteiger partial charge in [-0.05, 0) is 38.3 Å². The normalized spacial score (nSPS) is 20.7. The minimum absolute atomic E-state index is 0.206. The highest BCUT2D eigenvalue weighted by atomic mass is 16.2. The van der Waals surface area contributed by atoms with Gasteiger partial charge >= 0.3 is 6.03 Å². The first-order valence-corrected chi connectivity index (χ1v) is 8.27. The Labute approximate surface area is 136 Å². The van der Waals surface area contributed by atoms with E-state index in [9.17, 15) is 9.59 Å². The van der Waals surface area contributed by atoms with Gasteiger partial charge in [-0.15, -0.1) is 0 Å². The lowest BCUT2D eigenvalue weighted by molar-refractivity contribution is -0.128. The summed E-state index contributed by atoms with van der Waals surface area (Å²) in [6, 6.07) is 4.19. The molecule has 3 amide bonds. The first kappa shape index (κ1) is 15.8. The molecule has 124 valence electrons. The number of amides is 3. The zero-order valence-electron chi connectivity index (χ0n) is 13.8. The standard InChI is InChI=1S/C17H24N4O2/c1-11-3-4-14(20-12(11)2)9-19-17(23)18-8-13-7-16(22)21(10-13)15-5-6-15/h3-4,13,15H,5-10H2,1-2H3,(H2,18,19,23). The van der Waals surface area contributed by atoms with Crippen LogP contribution in [0.5, 0.6) is 0 Å². The van der Waals surface area contributed by atoms with Crippen LogP contribution in [0.15, 0.2) is 12.1 Å². The van der Waals surface area contributed by atoms with Crippen LogP contribution in [0, 0.1) is 19.8 Å². The van der Waals surface area contributed by atoms with Crippen LogP contribution in [-0.2, 0) is 11.3 Å². The molecule has 1 saturated heterocycles. The molecule has 6 nitrogen and oxygen atoms in total. The molecule has 6 heteroatoms. The van der Waals surface area contributed by atoms with Gasteiger partial charge in [0.25, 0.3) is 0 Å². The van der Waals surface area contributed by atoms with E-state index in [-0.39, 0.29) is 17.9 Å². The SMILES string of the molecule is Cc1ccc(CNC(=O)NCC2CC(=O)N(C3CC3)C2)nc1C. The lowest BCUT2D eigenvalue weighted by Gasteiger charge is -2.15. The van der Waals surface area contributed by atoms with Gasteiger partial charge in [-0.3, -0.25) is 9.78 Å². The van der Waals surface area contributed by atoms with Crippen molar-refractivity contribution >= 4 is 11.9 Å². The first-order valence-electron chi connectivity index (χ1n) is 8.27. The first-order chi connectivity index (χ1) is 11.0. The van der Waals surface area contributed by atoms with Crippen LogP contribution < -0.4 is 10.6 Å². The highest BCUT2D eigenvalue weighted by molar-refractivity contribution is 5.79. The Morgan fingerprint density at radius 2 is 2.09 bits per heavy atom. The molecule has 0 aromatic carbocycles. The molecule has 1 unspecified atom stereocenters. The number of pyridine rings is 1. The summed E-state index contributed by atoms with van der Waals surface area (Å²) in [4.78, 5) is 30.2. The average molecular weight is 316 g/mol. The van der Waals surface area contributed by atoms with Gasteiger partial charge in [0, 0.05) is 37.2 Å². The lowest BCUT2D eigenvalue weighted by atomic mass is 10.1. The van der Waals surface area contributed by atoms with E-state index in [0.717, 1.165) is 36.3 Å².